The van der Waals surface area contributed by atoms with Gasteiger partial charge in [-0.05, 0) is 37.5 Å². The summed E-state index contributed by atoms with van der Waals surface area (Å²) < 4.78 is 4.97. The highest BCUT2D eigenvalue weighted by Gasteiger charge is 2.30. The second-order valence-electron chi connectivity index (χ2n) is 6.53. The highest BCUT2D eigenvalue weighted by Crippen LogP contribution is 2.35. The molecule has 2 aromatic carbocycles. The van der Waals surface area contributed by atoms with Crippen molar-refractivity contribution in [2.45, 2.75) is 32.2 Å². The topological polar surface area (TPSA) is 58.2 Å². The van der Waals surface area contributed by atoms with E-state index in [4.69, 9.17) is 9.72 Å². The Morgan fingerprint density at radius 3 is 2.84 bits per heavy atom. The molecule has 5 nitrogen and oxygen atoms in total. The first kappa shape index (κ1) is 15.7. The number of aromatic amines is 1. The Labute approximate surface area is 146 Å². The van der Waals surface area contributed by atoms with Crippen molar-refractivity contribution in [1.82, 2.24) is 9.97 Å². The van der Waals surface area contributed by atoms with Gasteiger partial charge in [0.1, 0.15) is 5.82 Å². The number of benzene rings is 2. The van der Waals surface area contributed by atoms with Crippen LogP contribution in [0.15, 0.2) is 42.5 Å². The third kappa shape index (κ3) is 2.76. The smallest absolute Gasteiger partial charge is 0.414 e. The van der Waals surface area contributed by atoms with Crippen molar-refractivity contribution in [3.8, 4) is 0 Å². The molecular formula is C20H21N3O2. The van der Waals surface area contributed by atoms with Crippen LogP contribution in [0.3, 0.4) is 0 Å². The molecule has 0 fully saturated rings. The van der Waals surface area contributed by atoms with Gasteiger partial charge in [0.15, 0.2) is 0 Å². The first-order chi connectivity index (χ1) is 12.2. The Hall–Kier alpha value is -2.82. The second-order valence-corrected chi connectivity index (χ2v) is 6.53. The Balaban J connectivity index is 1.76. The lowest BCUT2D eigenvalue weighted by atomic mass is 9.96. The van der Waals surface area contributed by atoms with Gasteiger partial charge >= 0.3 is 6.09 Å². The van der Waals surface area contributed by atoms with Crippen LogP contribution in [-0.4, -0.2) is 29.2 Å². The highest BCUT2D eigenvalue weighted by molar-refractivity contribution is 5.95. The minimum Gasteiger partial charge on any atom is -0.452 e. The Bertz CT molecular complexity index is 917. The van der Waals surface area contributed by atoms with Gasteiger partial charge in [-0.25, -0.2) is 9.78 Å². The zero-order valence-corrected chi connectivity index (χ0v) is 14.5. The summed E-state index contributed by atoms with van der Waals surface area (Å²) in [6, 6.07) is 14.4. The molecule has 0 spiro atoms. The number of methoxy groups -OCH3 is 1. The number of nitrogens with one attached hydrogen (secondary N) is 1. The molecule has 3 aromatic rings. The summed E-state index contributed by atoms with van der Waals surface area (Å²) in [6.07, 6.45) is 2.27. The van der Waals surface area contributed by atoms with Gasteiger partial charge in [-0.3, -0.25) is 4.90 Å². The minimum atomic E-state index is -0.312. The lowest BCUT2D eigenvalue weighted by Crippen LogP contribution is -2.42. The molecule has 128 valence electrons. The number of amides is 1. The van der Waals surface area contributed by atoms with Gasteiger partial charge in [0.2, 0.25) is 0 Å². The third-order valence-electron chi connectivity index (χ3n) is 4.88. The molecule has 0 radical (unpaired) electrons. The fraction of sp³-hybridized carbons (Fsp3) is 0.300. The number of aryl methyl sites for hydroxylation is 1. The van der Waals surface area contributed by atoms with Crippen LogP contribution in [0.2, 0.25) is 0 Å². The number of carbonyl (C=O) groups excluding carboxylic acids is 1. The third-order valence-corrected chi connectivity index (χ3v) is 4.88. The zero-order chi connectivity index (χ0) is 17.4. The molecule has 2 heterocycles. The maximum atomic E-state index is 12.2. The van der Waals surface area contributed by atoms with Gasteiger partial charge < -0.3 is 9.72 Å². The van der Waals surface area contributed by atoms with Crippen LogP contribution in [0.4, 0.5) is 10.5 Å². The van der Waals surface area contributed by atoms with E-state index in [-0.39, 0.29) is 12.1 Å². The molecule has 0 saturated carbocycles. The summed E-state index contributed by atoms with van der Waals surface area (Å²) in [6.45, 7) is 2.05. The molecule has 1 atom stereocenters. The van der Waals surface area contributed by atoms with E-state index >= 15 is 0 Å². The average molecular weight is 335 g/mol. The molecule has 1 aromatic heterocycles. The van der Waals surface area contributed by atoms with E-state index in [1.165, 1.54) is 12.7 Å². The first-order valence-electron chi connectivity index (χ1n) is 8.59. The van der Waals surface area contributed by atoms with E-state index < -0.39 is 0 Å². The SMILES string of the molecule is COC(=O)N1c2ccc3[nH]c(Cc4ccccc4)nc3c2CC[C@@H]1C. The molecule has 5 heteroatoms. The van der Waals surface area contributed by atoms with E-state index in [0.29, 0.717) is 0 Å². The predicted molar refractivity (Wildman–Crippen MR) is 98.0 cm³/mol. The summed E-state index contributed by atoms with van der Waals surface area (Å²) in [5.74, 6) is 0.942. The second kappa shape index (κ2) is 6.24. The van der Waals surface area contributed by atoms with Gasteiger partial charge in [0.05, 0.1) is 23.8 Å². The molecule has 1 aliphatic heterocycles. The molecular weight excluding hydrogens is 314 g/mol. The maximum Gasteiger partial charge on any atom is 0.414 e. The molecule has 1 aliphatic rings. The Kier molecular flexibility index (Phi) is 3.92. The fourth-order valence-electron chi connectivity index (χ4n) is 3.61. The molecule has 4 rings (SSSR count). The van der Waals surface area contributed by atoms with Crippen molar-refractivity contribution in [3.63, 3.8) is 0 Å². The molecule has 0 saturated heterocycles. The zero-order valence-electron chi connectivity index (χ0n) is 14.5. The number of ether oxygens (including phenoxy) is 1. The van der Waals surface area contributed by atoms with Gasteiger partial charge in [-0.15, -0.1) is 0 Å². The van der Waals surface area contributed by atoms with E-state index in [1.54, 1.807) is 4.90 Å². The normalized spacial score (nSPS) is 16.7. The molecule has 0 aliphatic carbocycles. The van der Waals surface area contributed by atoms with Crippen molar-refractivity contribution in [2.75, 3.05) is 12.0 Å². The van der Waals surface area contributed by atoms with Gasteiger partial charge in [0.25, 0.3) is 0 Å². The number of hydrogen-bond donors (Lipinski definition) is 1. The van der Waals surface area contributed by atoms with Crippen LogP contribution in [0.5, 0.6) is 0 Å². The van der Waals surface area contributed by atoms with Crippen molar-refractivity contribution < 1.29 is 9.53 Å². The number of carbonyl (C=O) groups is 1. The largest absolute Gasteiger partial charge is 0.452 e. The van der Waals surface area contributed by atoms with Crippen LogP contribution in [0.1, 0.15) is 30.3 Å². The summed E-state index contributed by atoms with van der Waals surface area (Å²) in [4.78, 5) is 22.2. The summed E-state index contributed by atoms with van der Waals surface area (Å²) in [5, 5.41) is 0. The van der Waals surface area contributed by atoms with E-state index in [0.717, 1.165) is 47.4 Å². The molecule has 1 amide bonds. The van der Waals surface area contributed by atoms with Gasteiger partial charge in [-0.1, -0.05) is 30.3 Å². The minimum absolute atomic E-state index is 0.125. The van der Waals surface area contributed by atoms with Crippen molar-refractivity contribution in [1.29, 1.82) is 0 Å². The predicted octanol–water partition coefficient (Wildman–Crippen LogP) is 4.06. The van der Waals surface area contributed by atoms with Crippen LogP contribution in [-0.2, 0) is 17.6 Å². The van der Waals surface area contributed by atoms with Crippen LogP contribution in [0, 0.1) is 0 Å². The van der Waals surface area contributed by atoms with E-state index in [2.05, 4.69) is 24.0 Å². The fourth-order valence-corrected chi connectivity index (χ4v) is 3.61. The summed E-state index contributed by atoms with van der Waals surface area (Å²) in [7, 11) is 1.42. The molecule has 1 N–H and O–H groups in total. The highest BCUT2D eigenvalue weighted by atomic mass is 16.5. The number of anilines is 1. The number of hydrogen-bond acceptors (Lipinski definition) is 3. The molecule has 25 heavy (non-hydrogen) atoms. The van der Waals surface area contributed by atoms with E-state index in [9.17, 15) is 4.79 Å². The Morgan fingerprint density at radius 2 is 2.08 bits per heavy atom. The number of fused-ring (bicyclic) bond motifs is 3. The summed E-state index contributed by atoms with van der Waals surface area (Å²) in [5.41, 5.74) is 5.24. The lowest BCUT2D eigenvalue weighted by molar-refractivity contribution is 0.175. The first-order valence-corrected chi connectivity index (χ1v) is 8.59. The standard InChI is InChI=1S/C20H21N3O2/c1-13-8-9-15-17(23(13)20(24)25-2)11-10-16-19(15)22-18(21-16)12-14-6-4-3-5-7-14/h3-7,10-11,13H,8-9,12H2,1-2H3,(H,21,22)/t13-/m0/s1. The molecule has 0 unspecified atom stereocenters. The van der Waals surface area contributed by atoms with Gasteiger partial charge in [0, 0.05) is 18.0 Å². The summed E-state index contributed by atoms with van der Waals surface area (Å²) >= 11 is 0. The van der Waals surface area contributed by atoms with Gasteiger partial charge in [-0.2, -0.15) is 0 Å². The quantitative estimate of drug-likeness (QED) is 0.768. The van der Waals surface area contributed by atoms with Crippen molar-refractivity contribution in [3.05, 3.63) is 59.4 Å². The van der Waals surface area contributed by atoms with Crippen molar-refractivity contribution >= 4 is 22.8 Å². The van der Waals surface area contributed by atoms with Crippen LogP contribution < -0.4 is 4.90 Å². The monoisotopic (exact) mass is 335 g/mol. The number of nitrogens with zero attached hydrogens (tertiary/aromatic N) is 2. The Morgan fingerprint density at radius 1 is 1.28 bits per heavy atom. The number of imidazole rings is 1. The number of rotatable bonds is 2. The molecule has 0 bridgehead atoms. The number of H-pyrrole nitrogens is 1. The van der Waals surface area contributed by atoms with Crippen LogP contribution >= 0.6 is 0 Å². The number of aromatic nitrogens is 2. The van der Waals surface area contributed by atoms with E-state index in [1.807, 2.05) is 30.3 Å². The average Bonchev–Trinajstić information content (AvgIpc) is 3.04. The van der Waals surface area contributed by atoms with Crippen LogP contribution in [0.25, 0.3) is 11.0 Å². The van der Waals surface area contributed by atoms with Crippen molar-refractivity contribution in [2.24, 2.45) is 0 Å². The lowest BCUT2D eigenvalue weighted by Gasteiger charge is -2.34. The maximum absolute atomic E-state index is 12.2.